The predicted molar refractivity (Wildman–Crippen MR) is 31.7 cm³/mol. The van der Waals surface area contributed by atoms with Crippen LogP contribution in [-0.2, 0) is 14.3 Å². The lowest BCUT2D eigenvalue weighted by Crippen LogP contribution is -2.06. The second kappa shape index (κ2) is 5.22. The third-order valence-electron chi connectivity index (χ3n) is 0.668. The van der Waals surface area contributed by atoms with E-state index in [0.717, 1.165) is 6.08 Å². The third-order valence-corrected chi connectivity index (χ3v) is 0.668. The highest BCUT2D eigenvalue weighted by atomic mass is 16.6. The molecule has 0 bridgehead atoms. The van der Waals surface area contributed by atoms with E-state index in [1.165, 1.54) is 7.11 Å². The van der Waals surface area contributed by atoms with Gasteiger partial charge in [0.25, 0.3) is 0 Å². The third kappa shape index (κ3) is 4.94. The van der Waals surface area contributed by atoms with E-state index in [0.29, 0.717) is 6.61 Å². The van der Waals surface area contributed by atoms with Crippen molar-refractivity contribution in [2.45, 2.75) is 0 Å². The van der Waals surface area contributed by atoms with Crippen molar-refractivity contribution >= 4 is 5.97 Å². The summed E-state index contributed by atoms with van der Waals surface area (Å²) in [7, 11) is 1.53. The van der Waals surface area contributed by atoms with Crippen LogP contribution in [0.4, 0.5) is 0 Å². The first-order valence-corrected chi connectivity index (χ1v) is 2.52. The summed E-state index contributed by atoms with van der Waals surface area (Å²) in [5, 5.41) is 0. The molecule has 0 unspecified atom stereocenters. The van der Waals surface area contributed by atoms with E-state index in [1.807, 2.05) is 0 Å². The maximum absolute atomic E-state index is 10.2. The largest absolute Gasteiger partial charge is 0.484 e. The van der Waals surface area contributed by atoms with Gasteiger partial charge in [-0.15, -0.1) is 4.79 Å². The van der Waals surface area contributed by atoms with Gasteiger partial charge in [-0.05, 0) is 0 Å². The molecule has 0 rings (SSSR count). The SMILES string of the molecule is [CH+]=CC(=O)OCCOC. The summed E-state index contributed by atoms with van der Waals surface area (Å²) in [5.41, 5.74) is 0. The molecule has 0 aromatic heterocycles. The van der Waals surface area contributed by atoms with Crippen LogP contribution in [0, 0.1) is 6.58 Å². The van der Waals surface area contributed by atoms with E-state index in [1.54, 1.807) is 0 Å². The number of methoxy groups -OCH3 is 1. The van der Waals surface area contributed by atoms with Crippen LogP contribution < -0.4 is 0 Å². The van der Waals surface area contributed by atoms with Gasteiger partial charge in [0.1, 0.15) is 6.61 Å². The molecule has 0 fully saturated rings. The lowest BCUT2D eigenvalue weighted by atomic mass is 10.6. The topological polar surface area (TPSA) is 35.5 Å². The van der Waals surface area contributed by atoms with Crippen LogP contribution in [0.3, 0.4) is 0 Å². The van der Waals surface area contributed by atoms with Crippen LogP contribution in [0.15, 0.2) is 6.08 Å². The molecular weight excluding hydrogens is 120 g/mol. The molecule has 0 saturated carbocycles. The van der Waals surface area contributed by atoms with Crippen molar-refractivity contribution in [1.29, 1.82) is 0 Å². The molecule has 0 aliphatic rings. The molecule has 3 heteroatoms. The highest BCUT2D eigenvalue weighted by Crippen LogP contribution is 1.77. The summed E-state index contributed by atoms with van der Waals surface area (Å²) in [5.74, 6) is -0.521. The molecule has 0 atom stereocenters. The molecule has 0 spiro atoms. The van der Waals surface area contributed by atoms with Gasteiger partial charge in [-0.2, -0.15) is 0 Å². The summed E-state index contributed by atoms with van der Waals surface area (Å²) < 4.78 is 9.09. The summed E-state index contributed by atoms with van der Waals surface area (Å²) >= 11 is 0. The second-order valence-electron chi connectivity index (χ2n) is 1.33. The minimum atomic E-state index is -0.521. The number of esters is 1. The summed E-state index contributed by atoms with van der Waals surface area (Å²) in [6, 6.07) is 0. The van der Waals surface area contributed by atoms with Crippen LogP contribution in [0.1, 0.15) is 0 Å². The Balaban J connectivity index is 3.07. The first kappa shape index (κ1) is 8.08. The molecule has 0 aliphatic carbocycles. The van der Waals surface area contributed by atoms with Crippen molar-refractivity contribution in [2.24, 2.45) is 0 Å². The van der Waals surface area contributed by atoms with Gasteiger partial charge in [0, 0.05) is 7.11 Å². The Kier molecular flexibility index (Phi) is 4.69. The zero-order valence-electron chi connectivity index (χ0n) is 5.29. The molecular formula is C6H9O3+. The van der Waals surface area contributed by atoms with Crippen molar-refractivity contribution < 1.29 is 14.3 Å². The van der Waals surface area contributed by atoms with Gasteiger partial charge in [0.2, 0.25) is 6.08 Å². The van der Waals surface area contributed by atoms with Crippen molar-refractivity contribution in [3.8, 4) is 0 Å². The maximum Gasteiger partial charge on any atom is 0.484 e. The molecule has 50 valence electrons. The Labute approximate surface area is 54.3 Å². The van der Waals surface area contributed by atoms with E-state index in [-0.39, 0.29) is 6.61 Å². The zero-order valence-corrected chi connectivity index (χ0v) is 5.29. The van der Waals surface area contributed by atoms with Gasteiger partial charge < -0.3 is 9.47 Å². The summed E-state index contributed by atoms with van der Waals surface area (Å²) in [4.78, 5) is 10.2. The molecule has 0 saturated heterocycles. The van der Waals surface area contributed by atoms with Crippen LogP contribution in [-0.4, -0.2) is 26.3 Å². The monoisotopic (exact) mass is 129 g/mol. The van der Waals surface area contributed by atoms with Crippen LogP contribution in [0.2, 0.25) is 0 Å². The van der Waals surface area contributed by atoms with Crippen LogP contribution >= 0.6 is 0 Å². The van der Waals surface area contributed by atoms with Gasteiger partial charge in [0.15, 0.2) is 0 Å². The number of rotatable bonds is 4. The number of ether oxygens (including phenoxy) is 2. The van der Waals surface area contributed by atoms with Crippen LogP contribution in [0.25, 0.3) is 0 Å². The summed E-state index contributed by atoms with van der Waals surface area (Å²) in [6.07, 6.45) is 0.871. The highest BCUT2D eigenvalue weighted by Gasteiger charge is 2.03. The van der Waals surface area contributed by atoms with Crippen molar-refractivity contribution in [1.82, 2.24) is 0 Å². The van der Waals surface area contributed by atoms with E-state index in [4.69, 9.17) is 6.58 Å². The standard InChI is InChI=1S/C6H9O3/c1-3-6(7)9-5-4-8-2/h1,3H,4-5H2,2H3/q+1. The molecule has 3 nitrogen and oxygen atoms in total. The molecule has 0 heterocycles. The molecule has 0 aromatic carbocycles. The molecule has 0 aliphatic heterocycles. The Hall–Kier alpha value is -0.920. The van der Waals surface area contributed by atoms with Gasteiger partial charge in [0.05, 0.1) is 13.2 Å². The first-order valence-electron chi connectivity index (χ1n) is 2.52. The van der Waals surface area contributed by atoms with Crippen molar-refractivity contribution in [2.75, 3.05) is 20.3 Å². The fraction of sp³-hybridized carbons (Fsp3) is 0.500. The average molecular weight is 129 g/mol. The maximum atomic E-state index is 10.2. The average Bonchev–Trinajstić information content (AvgIpc) is 1.89. The van der Waals surface area contributed by atoms with E-state index < -0.39 is 5.97 Å². The normalized spacial score (nSPS) is 8.44. The Morgan fingerprint density at radius 3 is 2.78 bits per heavy atom. The molecule has 0 amide bonds. The number of carbonyl (C=O) groups is 1. The Morgan fingerprint density at radius 2 is 2.33 bits per heavy atom. The first-order chi connectivity index (χ1) is 4.31. The number of hydrogen-bond donors (Lipinski definition) is 0. The minimum Gasteiger partial charge on any atom is -0.381 e. The Bertz CT molecular complexity index is 98.5. The van der Waals surface area contributed by atoms with Gasteiger partial charge in [-0.25, -0.2) is 0 Å². The van der Waals surface area contributed by atoms with Crippen molar-refractivity contribution in [3.63, 3.8) is 0 Å². The fourth-order valence-corrected chi connectivity index (χ4v) is 0.274. The van der Waals surface area contributed by atoms with Gasteiger partial charge >= 0.3 is 5.97 Å². The Morgan fingerprint density at radius 1 is 1.67 bits per heavy atom. The fourth-order valence-electron chi connectivity index (χ4n) is 0.274. The summed E-state index contributed by atoms with van der Waals surface area (Å²) in [6.45, 7) is 5.47. The molecule has 0 radical (unpaired) electrons. The molecule has 0 aromatic rings. The smallest absolute Gasteiger partial charge is 0.381 e. The minimum absolute atomic E-state index is 0.253. The van der Waals surface area contributed by atoms with Gasteiger partial charge in [-0.1, -0.05) is 0 Å². The highest BCUT2D eigenvalue weighted by molar-refractivity contribution is 5.80. The molecule has 9 heavy (non-hydrogen) atoms. The zero-order chi connectivity index (χ0) is 7.11. The quantitative estimate of drug-likeness (QED) is 0.235. The second-order valence-corrected chi connectivity index (χ2v) is 1.33. The number of carbonyl (C=O) groups excluding carboxylic acids is 1. The van der Waals surface area contributed by atoms with Crippen molar-refractivity contribution in [3.05, 3.63) is 12.7 Å². The lowest BCUT2D eigenvalue weighted by molar-refractivity contribution is -0.138. The van der Waals surface area contributed by atoms with E-state index in [2.05, 4.69) is 9.47 Å². The van der Waals surface area contributed by atoms with E-state index >= 15 is 0 Å². The predicted octanol–water partition coefficient (Wildman–Crippen LogP) is 0.165. The molecule has 0 N–H and O–H groups in total. The lowest BCUT2D eigenvalue weighted by Gasteiger charge is -1.92. The van der Waals surface area contributed by atoms with Gasteiger partial charge in [-0.3, -0.25) is 0 Å². The van der Waals surface area contributed by atoms with E-state index in [9.17, 15) is 4.79 Å². The number of hydrogen-bond acceptors (Lipinski definition) is 3. The van der Waals surface area contributed by atoms with Crippen LogP contribution in [0.5, 0.6) is 0 Å².